The van der Waals surface area contributed by atoms with Gasteiger partial charge in [0.15, 0.2) is 0 Å². The molecular weight excluding hydrogens is 361 g/mol. The molecule has 6 nitrogen and oxygen atoms in total. The summed E-state index contributed by atoms with van der Waals surface area (Å²) in [6.07, 6.45) is 0.293. The zero-order chi connectivity index (χ0) is 16.3. The van der Waals surface area contributed by atoms with Gasteiger partial charge in [-0.3, -0.25) is 0 Å². The number of sulfonamides is 1. The van der Waals surface area contributed by atoms with E-state index in [0.717, 1.165) is 0 Å². The third-order valence-electron chi connectivity index (χ3n) is 2.62. The highest BCUT2D eigenvalue weighted by Crippen LogP contribution is 2.36. The van der Waals surface area contributed by atoms with Crippen molar-refractivity contribution in [2.45, 2.75) is 18.2 Å². The molecule has 0 saturated carbocycles. The molecule has 0 aliphatic rings. The molecule has 0 aromatic heterocycles. The molecule has 0 amide bonds. The van der Waals surface area contributed by atoms with Crippen LogP contribution in [-0.2, 0) is 19.9 Å². The van der Waals surface area contributed by atoms with Crippen LogP contribution in [0.2, 0.25) is 10.0 Å². The standard InChI is InChI=1S/C11H15Cl2NO5S2/c1-2-20(15,16)7-3-6-19-8-4-5-9(21(14,17)18)11(13)10(8)12/h4-5H,2-3,6-7H2,1H3,(H2,14,17,18). The minimum absolute atomic E-state index is 0.00408. The fraction of sp³-hybridized carbons (Fsp3) is 0.455. The van der Waals surface area contributed by atoms with E-state index < -0.39 is 19.9 Å². The lowest BCUT2D eigenvalue weighted by Gasteiger charge is -2.11. The van der Waals surface area contributed by atoms with Crippen molar-refractivity contribution in [2.75, 3.05) is 18.1 Å². The van der Waals surface area contributed by atoms with Gasteiger partial charge >= 0.3 is 0 Å². The summed E-state index contributed by atoms with van der Waals surface area (Å²) < 4.78 is 50.4. The van der Waals surface area contributed by atoms with E-state index in [0.29, 0.717) is 6.42 Å². The van der Waals surface area contributed by atoms with Crippen LogP contribution in [0.1, 0.15) is 13.3 Å². The zero-order valence-electron chi connectivity index (χ0n) is 11.2. The van der Waals surface area contributed by atoms with E-state index in [-0.39, 0.29) is 38.8 Å². The van der Waals surface area contributed by atoms with Gasteiger partial charge in [0.05, 0.1) is 17.4 Å². The van der Waals surface area contributed by atoms with Gasteiger partial charge in [-0.1, -0.05) is 30.1 Å². The number of benzene rings is 1. The fourth-order valence-electron chi connectivity index (χ4n) is 1.45. The minimum Gasteiger partial charge on any atom is -0.492 e. The number of rotatable bonds is 7. The monoisotopic (exact) mass is 375 g/mol. The van der Waals surface area contributed by atoms with Crippen LogP contribution in [0, 0.1) is 0 Å². The molecule has 1 aromatic carbocycles. The Hall–Kier alpha value is -0.540. The molecular formula is C11H15Cl2NO5S2. The highest BCUT2D eigenvalue weighted by Gasteiger charge is 2.18. The molecule has 0 radical (unpaired) electrons. The lowest BCUT2D eigenvalue weighted by molar-refractivity contribution is 0.317. The Morgan fingerprint density at radius 2 is 1.76 bits per heavy atom. The maximum atomic E-state index is 11.3. The van der Waals surface area contributed by atoms with Gasteiger partial charge in [0, 0.05) is 5.75 Å². The minimum atomic E-state index is -3.97. The molecule has 0 unspecified atom stereocenters. The largest absolute Gasteiger partial charge is 0.492 e. The van der Waals surface area contributed by atoms with Crippen molar-refractivity contribution in [1.82, 2.24) is 0 Å². The fourth-order valence-corrected chi connectivity index (χ4v) is 3.66. The first-order valence-electron chi connectivity index (χ1n) is 5.92. The summed E-state index contributed by atoms with van der Waals surface area (Å²) in [6, 6.07) is 2.50. The van der Waals surface area contributed by atoms with Crippen LogP contribution < -0.4 is 9.88 Å². The number of hydrogen-bond acceptors (Lipinski definition) is 5. The molecule has 1 rings (SSSR count). The van der Waals surface area contributed by atoms with Crippen molar-refractivity contribution >= 4 is 43.1 Å². The lowest BCUT2D eigenvalue weighted by atomic mass is 10.3. The van der Waals surface area contributed by atoms with E-state index in [1.165, 1.54) is 12.1 Å². The quantitative estimate of drug-likeness (QED) is 0.732. The van der Waals surface area contributed by atoms with E-state index >= 15 is 0 Å². The third kappa shape index (κ3) is 5.30. The molecule has 10 heteroatoms. The summed E-state index contributed by atoms with van der Waals surface area (Å²) in [6.45, 7) is 1.68. The van der Waals surface area contributed by atoms with Crippen molar-refractivity contribution in [3.63, 3.8) is 0 Å². The number of halogens is 2. The summed E-state index contributed by atoms with van der Waals surface area (Å²) in [4.78, 5) is -0.296. The Morgan fingerprint density at radius 3 is 2.29 bits per heavy atom. The Bertz CT molecular complexity index is 716. The molecule has 2 N–H and O–H groups in total. The predicted molar refractivity (Wildman–Crippen MR) is 82.3 cm³/mol. The molecule has 1 aromatic rings. The van der Waals surface area contributed by atoms with Crippen molar-refractivity contribution < 1.29 is 21.6 Å². The number of primary sulfonamides is 1. The molecule has 0 fully saturated rings. The summed E-state index contributed by atoms with van der Waals surface area (Å²) in [5.74, 6) is 0.246. The van der Waals surface area contributed by atoms with Gasteiger partial charge < -0.3 is 4.74 Å². The van der Waals surface area contributed by atoms with Crippen LogP contribution >= 0.6 is 23.2 Å². The number of nitrogens with two attached hydrogens (primary N) is 1. The second-order valence-corrected chi connectivity index (χ2v) is 8.93. The Kier molecular flexibility index (Phi) is 6.30. The number of hydrogen-bond donors (Lipinski definition) is 1. The van der Waals surface area contributed by atoms with Crippen LogP contribution in [0.25, 0.3) is 0 Å². The van der Waals surface area contributed by atoms with Gasteiger partial charge in [0.25, 0.3) is 0 Å². The van der Waals surface area contributed by atoms with Crippen molar-refractivity contribution in [2.24, 2.45) is 5.14 Å². The van der Waals surface area contributed by atoms with Crippen LogP contribution in [0.4, 0.5) is 0 Å². The Balaban J connectivity index is 2.77. The highest BCUT2D eigenvalue weighted by atomic mass is 35.5. The molecule has 0 aliphatic heterocycles. The van der Waals surface area contributed by atoms with Crippen LogP contribution in [0.15, 0.2) is 17.0 Å². The van der Waals surface area contributed by atoms with Gasteiger partial charge in [-0.2, -0.15) is 0 Å². The molecule has 21 heavy (non-hydrogen) atoms. The first kappa shape index (κ1) is 18.5. The first-order chi connectivity index (χ1) is 9.58. The number of sulfone groups is 1. The van der Waals surface area contributed by atoms with E-state index in [1.54, 1.807) is 6.92 Å². The van der Waals surface area contributed by atoms with Gasteiger partial charge in [-0.05, 0) is 18.6 Å². The molecule has 0 spiro atoms. The van der Waals surface area contributed by atoms with Gasteiger partial charge in [0.2, 0.25) is 10.0 Å². The van der Waals surface area contributed by atoms with Crippen molar-refractivity contribution in [3.05, 3.63) is 22.2 Å². The topological polar surface area (TPSA) is 104 Å². The summed E-state index contributed by atoms with van der Waals surface area (Å²) >= 11 is 11.7. The predicted octanol–water partition coefficient (Wildman–Crippen LogP) is 1.84. The summed E-state index contributed by atoms with van der Waals surface area (Å²) in [7, 11) is -7.03. The second-order valence-electron chi connectivity index (χ2n) is 4.17. The molecule has 0 heterocycles. The van der Waals surface area contributed by atoms with E-state index in [4.69, 9.17) is 33.1 Å². The van der Waals surface area contributed by atoms with Crippen LogP contribution in [0.3, 0.4) is 0 Å². The molecule has 120 valence electrons. The zero-order valence-corrected chi connectivity index (χ0v) is 14.3. The van der Waals surface area contributed by atoms with Crippen LogP contribution in [0.5, 0.6) is 5.75 Å². The van der Waals surface area contributed by atoms with E-state index in [1.807, 2.05) is 0 Å². The Morgan fingerprint density at radius 1 is 1.14 bits per heavy atom. The maximum absolute atomic E-state index is 11.3. The molecule has 0 atom stereocenters. The SMILES string of the molecule is CCS(=O)(=O)CCCOc1ccc(S(N)(=O)=O)c(Cl)c1Cl. The molecule has 0 bridgehead atoms. The lowest BCUT2D eigenvalue weighted by Crippen LogP contribution is -2.13. The summed E-state index contributed by atoms with van der Waals surface area (Å²) in [5.41, 5.74) is 0. The van der Waals surface area contributed by atoms with Gasteiger partial charge in [-0.15, -0.1) is 0 Å². The molecule has 0 aliphatic carbocycles. The van der Waals surface area contributed by atoms with Gasteiger partial charge in [-0.25, -0.2) is 22.0 Å². The van der Waals surface area contributed by atoms with Crippen LogP contribution in [-0.4, -0.2) is 34.9 Å². The van der Waals surface area contributed by atoms with Crippen molar-refractivity contribution in [1.29, 1.82) is 0 Å². The highest BCUT2D eigenvalue weighted by molar-refractivity contribution is 7.91. The van der Waals surface area contributed by atoms with Gasteiger partial charge in [0.1, 0.15) is 25.5 Å². The Labute approximate surface area is 134 Å². The molecule has 0 saturated heterocycles. The average molecular weight is 376 g/mol. The smallest absolute Gasteiger partial charge is 0.239 e. The third-order valence-corrected chi connectivity index (χ3v) is 6.34. The summed E-state index contributed by atoms with van der Waals surface area (Å²) in [5, 5.41) is 4.68. The van der Waals surface area contributed by atoms with Crippen molar-refractivity contribution in [3.8, 4) is 5.75 Å². The average Bonchev–Trinajstić information content (AvgIpc) is 2.38. The van der Waals surface area contributed by atoms with E-state index in [2.05, 4.69) is 0 Å². The first-order valence-corrected chi connectivity index (χ1v) is 10.0. The van der Waals surface area contributed by atoms with E-state index in [9.17, 15) is 16.8 Å². The maximum Gasteiger partial charge on any atom is 0.239 e. The second kappa shape index (κ2) is 7.15. The normalized spacial score (nSPS) is 12.4. The number of ether oxygens (including phenoxy) is 1.